The Hall–Kier alpha value is -2.56. The Morgan fingerprint density at radius 3 is 3.04 bits per heavy atom. The molecule has 1 aromatic heterocycles. The Morgan fingerprint density at radius 2 is 2.21 bits per heavy atom. The molecular formula is C19H20N2O3. The number of esters is 1. The molecule has 2 heterocycles. The second-order valence-corrected chi connectivity index (χ2v) is 6.21. The Balaban J connectivity index is 1.89. The van der Waals surface area contributed by atoms with E-state index in [2.05, 4.69) is 9.88 Å². The first-order valence-electron chi connectivity index (χ1n) is 8.50. The molecule has 0 radical (unpaired) electrons. The number of nitrogens with zero attached hydrogens (tertiary/aromatic N) is 1. The van der Waals surface area contributed by atoms with Gasteiger partial charge in [0.2, 0.25) is 0 Å². The van der Waals surface area contributed by atoms with Gasteiger partial charge in [-0.25, -0.2) is 4.79 Å². The fraction of sp³-hybridized carbons (Fsp3) is 0.368. The van der Waals surface area contributed by atoms with Crippen molar-refractivity contribution >= 4 is 11.8 Å². The van der Waals surface area contributed by atoms with Gasteiger partial charge < -0.3 is 14.6 Å². The summed E-state index contributed by atoms with van der Waals surface area (Å²) in [6.07, 6.45) is 2.86. The monoisotopic (exact) mass is 324 g/mol. The maximum absolute atomic E-state index is 13.1. The molecule has 0 saturated heterocycles. The molecule has 0 amide bonds. The van der Waals surface area contributed by atoms with E-state index >= 15 is 0 Å². The van der Waals surface area contributed by atoms with Gasteiger partial charge in [-0.05, 0) is 43.9 Å². The molecule has 1 aliphatic carbocycles. The van der Waals surface area contributed by atoms with Crippen molar-refractivity contribution in [1.29, 1.82) is 0 Å². The third-order valence-corrected chi connectivity index (χ3v) is 4.81. The van der Waals surface area contributed by atoms with Crippen LogP contribution in [0.5, 0.6) is 0 Å². The summed E-state index contributed by atoms with van der Waals surface area (Å²) in [6, 6.07) is 7.18. The van der Waals surface area contributed by atoms with Gasteiger partial charge in [-0.15, -0.1) is 0 Å². The third kappa shape index (κ3) is 2.23. The molecule has 2 aromatic rings. The SMILES string of the molecule is CCOC(=O)c1cccc(-c2c3n(c4c(c2=O)CCC4)CCN3)c1. The third-order valence-electron chi connectivity index (χ3n) is 4.81. The highest BCUT2D eigenvalue weighted by molar-refractivity contribution is 5.92. The molecule has 0 bridgehead atoms. The summed E-state index contributed by atoms with van der Waals surface area (Å²) in [5.41, 5.74) is 4.16. The van der Waals surface area contributed by atoms with E-state index in [0.29, 0.717) is 17.7 Å². The van der Waals surface area contributed by atoms with Gasteiger partial charge >= 0.3 is 5.97 Å². The van der Waals surface area contributed by atoms with Crippen LogP contribution < -0.4 is 10.7 Å². The van der Waals surface area contributed by atoms with Crippen molar-refractivity contribution in [2.24, 2.45) is 0 Å². The minimum Gasteiger partial charge on any atom is -0.462 e. The second-order valence-electron chi connectivity index (χ2n) is 6.21. The van der Waals surface area contributed by atoms with Crippen LogP contribution in [0.1, 0.15) is 35.0 Å². The van der Waals surface area contributed by atoms with E-state index in [4.69, 9.17) is 4.74 Å². The second kappa shape index (κ2) is 5.82. The van der Waals surface area contributed by atoms with E-state index in [1.807, 2.05) is 6.07 Å². The molecule has 24 heavy (non-hydrogen) atoms. The lowest BCUT2D eigenvalue weighted by atomic mass is 10.00. The van der Waals surface area contributed by atoms with Crippen molar-refractivity contribution in [2.75, 3.05) is 18.5 Å². The lowest BCUT2D eigenvalue weighted by molar-refractivity contribution is 0.0526. The molecule has 5 nitrogen and oxygen atoms in total. The molecule has 0 spiro atoms. The highest BCUT2D eigenvalue weighted by atomic mass is 16.5. The Kier molecular flexibility index (Phi) is 3.63. The number of benzene rings is 1. The van der Waals surface area contributed by atoms with E-state index < -0.39 is 0 Å². The molecule has 124 valence electrons. The summed E-state index contributed by atoms with van der Waals surface area (Å²) < 4.78 is 7.32. The lowest BCUT2D eigenvalue weighted by Crippen LogP contribution is -2.18. The fourth-order valence-electron chi connectivity index (χ4n) is 3.80. The number of carbonyl (C=O) groups is 1. The molecular weight excluding hydrogens is 304 g/mol. The van der Waals surface area contributed by atoms with Crippen LogP contribution in [0, 0.1) is 0 Å². The Bertz CT molecular complexity index is 883. The summed E-state index contributed by atoms with van der Waals surface area (Å²) >= 11 is 0. The number of carbonyl (C=O) groups excluding carboxylic acids is 1. The average molecular weight is 324 g/mol. The van der Waals surface area contributed by atoms with E-state index in [1.165, 1.54) is 5.69 Å². The summed E-state index contributed by atoms with van der Waals surface area (Å²) in [7, 11) is 0. The number of pyridine rings is 1. The molecule has 0 unspecified atom stereocenters. The number of nitrogens with one attached hydrogen (secondary N) is 1. The summed E-state index contributed by atoms with van der Waals surface area (Å²) in [4.78, 5) is 25.1. The number of hydrogen-bond acceptors (Lipinski definition) is 4. The van der Waals surface area contributed by atoms with Gasteiger partial charge in [0.1, 0.15) is 5.82 Å². The van der Waals surface area contributed by atoms with Crippen LogP contribution in [0.25, 0.3) is 11.1 Å². The molecule has 1 N–H and O–H groups in total. The van der Waals surface area contributed by atoms with E-state index in [9.17, 15) is 9.59 Å². The van der Waals surface area contributed by atoms with Crippen molar-refractivity contribution in [3.63, 3.8) is 0 Å². The first-order valence-corrected chi connectivity index (χ1v) is 8.50. The highest BCUT2D eigenvalue weighted by Crippen LogP contribution is 2.33. The van der Waals surface area contributed by atoms with Crippen LogP contribution in [0.4, 0.5) is 5.82 Å². The quantitative estimate of drug-likeness (QED) is 0.882. The van der Waals surface area contributed by atoms with Crippen LogP contribution in [0.2, 0.25) is 0 Å². The van der Waals surface area contributed by atoms with Crippen molar-refractivity contribution in [3.05, 3.63) is 51.3 Å². The summed E-state index contributed by atoms with van der Waals surface area (Å²) in [5, 5.41) is 3.36. The van der Waals surface area contributed by atoms with Gasteiger partial charge in [0, 0.05) is 24.3 Å². The van der Waals surface area contributed by atoms with Crippen molar-refractivity contribution in [3.8, 4) is 11.1 Å². The standard InChI is InChI=1S/C19H20N2O3/c1-2-24-19(23)13-6-3-5-12(11-13)16-17(22)14-7-4-8-15(14)21-10-9-20-18(16)21/h3,5-6,11,20H,2,4,7-10H2,1H3. The zero-order valence-corrected chi connectivity index (χ0v) is 13.7. The number of aromatic nitrogens is 1. The lowest BCUT2D eigenvalue weighted by Gasteiger charge is -2.15. The van der Waals surface area contributed by atoms with Crippen LogP contribution in [-0.2, 0) is 24.1 Å². The molecule has 1 aromatic carbocycles. The molecule has 4 rings (SSSR count). The van der Waals surface area contributed by atoms with Gasteiger partial charge in [-0.1, -0.05) is 12.1 Å². The van der Waals surface area contributed by atoms with E-state index in [0.717, 1.165) is 49.3 Å². The maximum atomic E-state index is 13.1. The number of rotatable bonds is 3. The van der Waals surface area contributed by atoms with Crippen molar-refractivity contribution in [2.45, 2.75) is 32.7 Å². The minimum absolute atomic E-state index is 0.101. The topological polar surface area (TPSA) is 60.3 Å². The van der Waals surface area contributed by atoms with Crippen molar-refractivity contribution in [1.82, 2.24) is 4.57 Å². The molecule has 5 heteroatoms. The minimum atomic E-state index is -0.356. The zero-order chi connectivity index (χ0) is 16.7. The summed E-state index contributed by atoms with van der Waals surface area (Å²) in [5.74, 6) is 0.534. The smallest absolute Gasteiger partial charge is 0.338 e. The van der Waals surface area contributed by atoms with Crippen LogP contribution in [0.3, 0.4) is 0 Å². The largest absolute Gasteiger partial charge is 0.462 e. The summed E-state index contributed by atoms with van der Waals surface area (Å²) in [6.45, 7) is 3.84. The molecule has 0 saturated carbocycles. The predicted octanol–water partition coefficient (Wildman–Crippen LogP) is 2.61. The fourth-order valence-corrected chi connectivity index (χ4v) is 3.80. The number of fused-ring (bicyclic) bond motifs is 3. The maximum Gasteiger partial charge on any atom is 0.338 e. The number of anilines is 1. The van der Waals surface area contributed by atoms with Crippen LogP contribution >= 0.6 is 0 Å². The Labute approximate surface area is 140 Å². The highest BCUT2D eigenvalue weighted by Gasteiger charge is 2.27. The first kappa shape index (κ1) is 15.0. The number of ether oxygens (including phenoxy) is 1. The normalized spacial score (nSPS) is 14.9. The predicted molar refractivity (Wildman–Crippen MR) is 92.6 cm³/mol. The molecule has 2 aliphatic rings. The van der Waals surface area contributed by atoms with Gasteiger partial charge in [0.25, 0.3) is 0 Å². The van der Waals surface area contributed by atoms with Gasteiger partial charge in [-0.2, -0.15) is 0 Å². The van der Waals surface area contributed by atoms with Gasteiger partial charge in [-0.3, -0.25) is 4.79 Å². The van der Waals surface area contributed by atoms with Crippen LogP contribution in [-0.4, -0.2) is 23.7 Å². The molecule has 0 fully saturated rings. The van der Waals surface area contributed by atoms with E-state index in [-0.39, 0.29) is 11.4 Å². The van der Waals surface area contributed by atoms with Gasteiger partial charge in [0.05, 0.1) is 17.7 Å². The number of hydrogen-bond donors (Lipinski definition) is 1. The average Bonchev–Trinajstić information content (AvgIpc) is 3.24. The van der Waals surface area contributed by atoms with Crippen LogP contribution in [0.15, 0.2) is 29.1 Å². The van der Waals surface area contributed by atoms with Crippen molar-refractivity contribution < 1.29 is 9.53 Å². The first-order chi connectivity index (χ1) is 11.7. The Morgan fingerprint density at radius 1 is 1.33 bits per heavy atom. The molecule has 0 atom stereocenters. The van der Waals surface area contributed by atoms with Gasteiger partial charge in [0.15, 0.2) is 5.43 Å². The molecule has 1 aliphatic heterocycles. The zero-order valence-electron chi connectivity index (χ0n) is 13.7. The van der Waals surface area contributed by atoms with E-state index in [1.54, 1.807) is 25.1 Å².